The van der Waals surface area contributed by atoms with Crippen LogP contribution in [0.5, 0.6) is 0 Å². The van der Waals surface area contributed by atoms with E-state index in [9.17, 15) is 4.39 Å². The van der Waals surface area contributed by atoms with Crippen LogP contribution in [0.25, 0.3) is 0 Å². The van der Waals surface area contributed by atoms with Gasteiger partial charge in [0, 0.05) is 6.04 Å². The zero-order chi connectivity index (χ0) is 15.0. The van der Waals surface area contributed by atoms with Crippen molar-refractivity contribution in [1.29, 1.82) is 0 Å². The molecule has 0 bridgehead atoms. The molecule has 0 fully saturated rings. The number of nitrogens with two attached hydrogens (primary N) is 1. The van der Waals surface area contributed by atoms with Crippen molar-refractivity contribution in [3.63, 3.8) is 0 Å². The van der Waals surface area contributed by atoms with Gasteiger partial charge in [0.05, 0.1) is 0 Å². The molecule has 4 heteroatoms. The largest absolute Gasteiger partial charge is 0.324 e. The Morgan fingerprint density at radius 2 is 1.75 bits per heavy atom. The Balaban J connectivity index is 2.33. The molecule has 0 heterocycles. The molecule has 114 valence electrons. The van der Waals surface area contributed by atoms with Gasteiger partial charge in [-0.3, -0.25) is 0 Å². The van der Waals surface area contributed by atoms with E-state index in [2.05, 4.69) is 30.8 Å². The summed E-state index contributed by atoms with van der Waals surface area (Å²) in [6.45, 7) is 6.43. The number of nitrogens with zero attached hydrogens (tertiary/aromatic N) is 2. The molecule has 0 aliphatic heterocycles. The van der Waals surface area contributed by atoms with Crippen LogP contribution in [0, 0.1) is 5.82 Å². The highest BCUT2D eigenvalue weighted by atomic mass is 19.1. The van der Waals surface area contributed by atoms with Crippen LogP contribution < -0.4 is 5.73 Å². The van der Waals surface area contributed by atoms with Crippen LogP contribution in [0.4, 0.5) is 4.39 Å². The summed E-state index contributed by atoms with van der Waals surface area (Å²) in [5.74, 6) is -0.208. The minimum atomic E-state index is -0.208. The quantitative estimate of drug-likeness (QED) is 0.755. The third-order valence-electron chi connectivity index (χ3n) is 3.58. The Morgan fingerprint density at radius 1 is 1.10 bits per heavy atom. The van der Waals surface area contributed by atoms with Gasteiger partial charge in [-0.25, -0.2) is 4.39 Å². The van der Waals surface area contributed by atoms with E-state index in [4.69, 9.17) is 5.73 Å². The number of benzene rings is 1. The zero-order valence-electron chi connectivity index (χ0n) is 13.0. The first-order chi connectivity index (χ1) is 9.52. The standard InChI is InChI=1S/C16H28FN3/c1-4-20(12-5-11-19(2)3)13-10-16(18)14-6-8-15(17)9-7-14/h6-9,16H,4-5,10-13,18H2,1-3H3. The lowest BCUT2D eigenvalue weighted by atomic mass is 10.0. The molecule has 20 heavy (non-hydrogen) atoms. The third kappa shape index (κ3) is 6.46. The van der Waals surface area contributed by atoms with Crippen molar-refractivity contribution < 1.29 is 4.39 Å². The van der Waals surface area contributed by atoms with Crippen LogP contribution in [-0.4, -0.2) is 50.1 Å². The van der Waals surface area contributed by atoms with Crippen molar-refractivity contribution in [2.45, 2.75) is 25.8 Å². The van der Waals surface area contributed by atoms with E-state index in [0.29, 0.717) is 0 Å². The van der Waals surface area contributed by atoms with E-state index in [0.717, 1.165) is 38.2 Å². The highest BCUT2D eigenvalue weighted by Crippen LogP contribution is 2.15. The number of hydrogen-bond acceptors (Lipinski definition) is 3. The van der Waals surface area contributed by atoms with Gasteiger partial charge in [-0.15, -0.1) is 0 Å². The lowest BCUT2D eigenvalue weighted by Crippen LogP contribution is -2.30. The first-order valence-electron chi connectivity index (χ1n) is 7.41. The molecule has 0 radical (unpaired) electrons. The molecular formula is C16H28FN3. The zero-order valence-corrected chi connectivity index (χ0v) is 13.0. The molecule has 1 rings (SSSR count). The third-order valence-corrected chi connectivity index (χ3v) is 3.58. The van der Waals surface area contributed by atoms with E-state index < -0.39 is 0 Å². The van der Waals surface area contributed by atoms with E-state index in [-0.39, 0.29) is 11.9 Å². The Bertz CT molecular complexity index is 364. The van der Waals surface area contributed by atoms with Crippen molar-refractivity contribution in [3.05, 3.63) is 35.6 Å². The van der Waals surface area contributed by atoms with Gasteiger partial charge >= 0.3 is 0 Å². The minimum Gasteiger partial charge on any atom is -0.324 e. The molecule has 1 atom stereocenters. The van der Waals surface area contributed by atoms with E-state index >= 15 is 0 Å². The Kier molecular flexibility index (Phi) is 7.73. The van der Waals surface area contributed by atoms with Gasteiger partial charge in [0.1, 0.15) is 5.82 Å². The van der Waals surface area contributed by atoms with E-state index in [1.54, 1.807) is 12.1 Å². The molecule has 0 saturated carbocycles. The summed E-state index contributed by atoms with van der Waals surface area (Å²) in [6, 6.07) is 6.50. The molecule has 1 aromatic rings. The van der Waals surface area contributed by atoms with Crippen LogP contribution in [0.3, 0.4) is 0 Å². The highest BCUT2D eigenvalue weighted by molar-refractivity contribution is 5.19. The molecule has 0 saturated heterocycles. The second kappa shape index (κ2) is 9.06. The molecule has 3 nitrogen and oxygen atoms in total. The van der Waals surface area contributed by atoms with Gasteiger partial charge in [0.2, 0.25) is 0 Å². The summed E-state index contributed by atoms with van der Waals surface area (Å²) in [4.78, 5) is 4.63. The molecule has 0 aliphatic carbocycles. The first-order valence-corrected chi connectivity index (χ1v) is 7.41. The minimum absolute atomic E-state index is 0.0153. The predicted octanol–water partition coefficient (Wildman–Crippen LogP) is 2.49. The molecule has 0 amide bonds. The molecule has 0 spiro atoms. The Morgan fingerprint density at radius 3 is 2.30 bits per heavy atom. The average Bonchev–Trinajstić information content (AvgIpc) is 2.42. The lowest BCUT2D eigenvalue weighted by Gasteiger charge is -2.23. The first kappa shape index (κ1) is 17.1. The maximum Gasteiger partial charge on any atom is 0.123 e. The number of rotatable bonds is 9. The summed E-state index contributed by atoms with van der Waals surface area (Å²) >= 11 is 0. The maximum atomic E-state index is 12.9. The van der Waals surface area contributed by atoms with E-state index in [1.165, 1.54) is 18.6 Å². The SMILES string of the molecule is CCN(CCCN(C)C)CCC(N)c1ccc(F)cc1. The Hall–Kier alpha value is -0.970. The second-order valence-electron chi connectivity index (χ2n) is 5.54. The summed E-state index contributed by atoms with van der Waals surface area (Å²) in [6.07, 6.45) is 2.08. The van der Waals surface area contributed by atoms with Crippen LogP contribution in [0.2, 0.25) is 0 Å². The van der Waals surface area contributed by atoms with Gasteiger partial charge < -0.3 is 15.5 Å². The fourth-order valence-corrected chi connectivity index (χ4v) is 2.24. The average molecular weight is 281 g/mol. The van der Waals surface area contributed by atoms with Gasteiger partial charge in [-0.1, -0.05) is 19.1 Å². The number of halogens is 1. The van der Waals surface area contributed by atoms with Crippen LogP contribution in [0.15, 0.2) is 24.3 Å². The Labute approximate surface area is 122 Å². The fraction of sp³-hybridized carbons (Fsp3) is 0.625. The monoisotopic (exact) mass is 281 g/mol. The fourth-order valence-electron chi connectivity index (χ4n) is 2.24. The molecule has 0 aliphatic rings. The number of hydrogen-bond donors (Lipinski definition) is 1. The van der Waals surface area contributed by atoms with Crippen molar-refractivity contribution in [2.24, 2.45) is 5.73 Å². The molecule has 1 unspecified atom stereocenters. The molecule has 0 aromatic heterocycles. The maximum absolute atomic E-state index is 12.9. The molecular weight excluding hydrogens is 253 g/mol. The molecule has 1 aromatic carbocycles. The summed E-state index contributed by atoms with van der Waals surface area (Å²) in [5, 5.41) is 0. The van der Waals surface area contributed by atoms with Gasteiger partial charge in [0.15, 0.2) is 0 Å². The van der Waals surface area contributed by atoms with Crippen LogP contribution in [-0.2, 0) is 0 Å². The predicted molar refractivity (Wildman–Crippen MR) is 83.2 cm³/mol. The normalized spacial score (nSPS) is 13.2. The van der Waals surface area contributed by atoms with E-state index in [1.807, 2.05) is 0 Å². The highest BCUT2D eigenvalue weighted by Gasteiger charge is 2.09. The topological polar surface area (TPSA) is 32.5 Å². The van der Waals surface area contributed by atoms with Crippen molar-refractivity contribution >= 4 is 0 Å². The van der Waals surface area contributed by atoms with Crippen molar-refractivity contribution in [2.75, 3.05) is 40.3 Å². The summed E-state index contributed by atoms with van der Waals surface area (Å²) in [7, 11) is 4.20. The smallest absolute Gasteiger partial charge is 0.123 e. The van der Waals surface area contributed by atoms with Crippen LogP contribution >= 0.6 is 0 Å². The van der Waals surface area contributed by atoms with Crippen LogP contribution in [0.1, 0.15) is 31.4 Å². The van der Waals surface area contributed by atoms with Crippen molar-refractivity contribution in [3.8, 4) is 0 Å². The molecule has 2 N–H and O–H groups in total. The van der Waals surface area contributed by atoms with Gasteiger partial charge in [-0.2, -0.15) is 0 Å². The summed E-state index contributed by atoms with van der Waals surface area (Å²) in [5.41, 5.74) is 7.18. The van der Waals surface area contributed by atoms with Gasteiger partial charge in [0.25, 0.3) is 0 Å². The summed E-state index contributed by atoms with van der Waals surface area (Å²) < 4.78 is 12.9. The second-order valence-corrected chi connectivity index (χ2v) is 5.54. The van der Waals surface area contributed by atoms with Crippen molar-refractivity contribution in [1.82, 2.24) is 9.80 Å². The van der Waals surface area contributed by atoms with Gasteiger partial charge in [-0.05, 0) is 70.8 Å². The lowest BCUT2D eigenvalue weighted by molar-refractivity contribution is 0.257.